The summed E-state index contributed by atoms with van der Waals surface area (Å²) < 4.78 is 18.3. The third-order valence-electron chi connectivity index (χ3n) is 4.43. The van der Waals surface area contributed by atoms with Crippen molar-refractivity contribution in [3.8, 4) is 0 Å². The molecular formula is C21H26FN5O2S. The molecule has 1 aromatic carbocycles. The molecule has 0 bridgehead atoms. The Bertz CT molecular complexity index is 1030. The van der Waals surface area contributed by atoms with Crippen molar-refractivity contribution in [1.29, 1.82) is 0 Å². The standard InChI is InChI=1S/C21H26FN5O2S/c1-12(2)25-17-8-19(26-14-5-6-16-13(7-14)11-30-27-16)23-9-15(17)20(28)24-10-18(22)21(3,4)29/h5-9,11-12,18,29H,10H2,1-4H3,(H,24,28)(H2,23,25,26)/t18-/m1/s1. The maximum absolute atomic E-state index is 14.0. The number of carbonyl (C=O) groups excluding carboxylic acids is 1. The van der Waals surface area contributed by atoms with E-state index >= 15 is 0 Å². The van der Waals surface area contributed by atoms with E-state index in [4.69, 9.17) is 0 Å². The number of anilines is 3. The van der Waals surface area contributed by atoms with Crippen LogP contribution < -0.4 is 16.0 Å². The average molecular weight is 432 g/mol. The number of fused-ring (bicyclic) bond motifs is 1. The van der Waals surface area contributed by atoms with Crippen LogP contribution in [0.4, 0.5) is 21.6 Å². The van der Waals surface area contributed by atoms with Crippen molar-refractivity contribution in [2.45, 2.75) is 45.5 Å². The molecule has 7 nitrogen and oxygen atoms in total. The number of amides is 1. The molecule has 4 N–H and O–H groups in total. The van der Waals surface area contributed by atoms with E-state index in [1.807, 2.05) is 37.4 Å². The lowest BCUT2D eigenvalue weighted by Gasteiger charge is -2.23. The Morgan fingerprint density at radius 2 is 2.07 bits per heavy atom. The molecule has 0 fully saturated rings. The fraction of sp³-hybridized carbons (Fsp3) is 0.381. The van der Waals surface area contributed by atoms with E-state index in [0.717, 1.165) is 16.6 Å². The number of benzene rings is 1. The van der Waals surface area contributed by atoms with Crippen LogP contribution in [0.1, 0.15) is 38.1 Å². The van der Waals surface area contributed by atoms with E-state index in [9.17, 15) is 14.3 Å². The van der Waals surface area contributed by atoms with Gasteiger partial charge in [0.2, 0.25) is 0 Å². The Balaban J connectivity index is 1.79. The van der Waals surface area contributed by atoms with Gasteiger partial charge in [0.05, 0.1) is 28.9 Å². The predicted molar refractivity (Wildman–Crippen MR) is 119 cm³/mol. The summed E-state index contributed by atoms with van der Waals surface area (Å²) in [5.74, 6) is 0.104. The van der Waals surface area contributed by atoms with Crippen LogP contribution in [-0.4, -0.2) is 44.7 Å². The lowest BCUT2D eigenvalue weighted by molar-refractivity contribution is -0.00177. The van der Waals surface area contributed by atoms with E-state index in [1.54, 1.807) is 6.07 Å². The van der Waals surface area contributed by atoms with Gasteiger partial charge in [0.1, 0.15) is 12.0 Å². The number of pyridine rings is 1. The van der Waals surface area contributed by atoms with Crippen LogP contribution in [-0.2, 0) is 0 Å². The SMILES string of the molecule is CC(C)Nc1cc(Nc2ccc3nscc3c2)ncc1C(=O)NC[C@@H](F)C(C)(C)O. The van der Waals surface area contributed by atoms with Crippen molar-refractivity contribution in [2.24, 2.45) is 0 Å². The van der Waals surface area contributed by atoms with Gasteiger partial charge < -0.3 is 21.1 Å². The van der Waals surface area contributed by atoms with E-state index in [1.165, 1.54) is 31.6 Å². The molecule has 0 radical (unpaired) electrons. The second kappa shape index (κ2) is 8.93. The van der Waals surface area contributed by atoms with Crippen LogP contribution in [0.15, 0.2) is 35.8 Å². The summed E-state index contributed by atoms with van der Waals surface area (Å²) in [5, 5.41) is 21.7. The van der Waals surface area contributed by atoms with E-state index in [0.29, 0.717) is 17.1 Å². The first kappa shape index (κ1) is 21.9. The van der Waals surface area contributed by atoms with E-state index in [2.05, 4.69) is 25.3 Å². The average Bonchev–Trinajstić information content (AvgIpc) is 3.12. The molecular weight excluding hydrogens is 405 g/mol. The number of rotatable bonds is 8. The molecule has 1 amide bonds. The summed E-state index contributed by atoms with van der Waals surface area (Å²) in [6, 6.07) is 7.64. The summed E-state index contributed by atoms with van der Waals surface area (Å²) >= 11 is 1.40. The summed E-state index contributed by atoms with van der Waals surface area (Å²) in [6.45, 7) is 6.34. The zero-order chi connectivity index (χ0) is 21.9. The molecule has 3 aromatic rings. The molecule has 160 valence electrons. The topological polar surface area (TPSA) is 99.2 Å². The fourth-order valence-corrected chi connectivity index (χ4v) is 3.39. The van der Waals surface area contributed by atoms with Crippen molar-refractivity contribution in [1.82, 2.24) is 14.7 Å². The van der Waals surface area contributed by atoms with Gasteiger partial charge in [-0.05, 0) is 57.4 Å². The molecule has 9 heteroatoms. The van der Waals surface area contributed by atoms with Gasteiger partial charge in [-0.1, -0.05) is 0 Å². The molecule has 0 saturated heterocycles. The maximum atomic E-state index is 14.0. The molecule has 0 aliphatic heterocycles. The smallest absolute Gasteiger partial charge is 0.255 e. The number of nitrogens with one attached hydrogen (secondary N) is 3. The fourth-order valence-electron chi connectivity index (χ4n) is 2.76. The van der Waals surface area contributed by atoms with E-state index < -0.39 is 17.7 Å². The van der Waals surface area contributed by atoms with E-state index in [-0.39, 0.29) is 12.6 Å². The van der Waals surface area contributed by atoms with Crippen LogP contribution in [0, 0.1) is 0 Å². The molecule has 1 atom stereocenters. The van der Waals surface area contributed by atoms with Crippen molar-refractivity contribution >= 4 is 45.5 Å². The Morgan fingerprint density at radius 1 is 1.30 bits per heavy atom. The number of hydrogen-bond acceptors (Lipinski definition) is 7. The second-order valence-electron chi connectivity index (χ2n) is 7.96. The largest absolute Gasteiger partial charge is 0.387 e. The van der Waals surface area contributed by atoms with Crippen molar-refractivity contribution in [3.63, 3.8) is 0 Å². The molecule has 30 heavy (non-hydrogen) atoms. The Kier molecular flexibility index (Phi) is 6.52. The van der Waals surface area contributed by atoms with Crippen molar-refractivity contribution in [2.75, 3.05) is 17.2 Å². The summed E-state index contributed by atoms with van der Waals surface area (Å²) in [5.41, 5.74) is 1.14. The highest BCUT2D eigenvalue weighted by Gasteiger charge is 2.27. The lowest BCUT2D eigenvalue weighted by atomic mass is 10.0. The maximum Gasteiger partial charge on any atom is 0.255 e. The van der Waals surface area contributed by atoms with Crippen LogP contribution in [0.5, 0.6) is 0 Å². The van der Waals surface area contributed by atoms with Gasteiger partial charge in [-0.2, -0.15) is 4.37 Å². The Morgan fingerprint density at radius 3 is 2.77 bits per heavy atom. The first-order chi connectivity index (χ1) is 14.1. The second-order valence-corrected chi connectivity index (χ2v) is 8.59. The monoisotopic (exact) mass is 431 g/mol. The molecule has 0 unspecified atom stereocenters. The summed E-state index contributed by atoms with van der Waals surface area (Å²) in [7, 11) is 0. The molecule has 3 rings (SSSR count). The summed E-state index contributed by atoms with van der Waals surface area (Å²) in [4.78, 5) is 16.9. The molecule has 0 aliphatic carbocycles. The van der Waals surface area contributed by atoms with Gasteiger partial charge in [-0.25, -0.2) is 9.37 Å². The van der Waals surface area contributed by atoms with Crippen LogP contribution in [0.3, 0.4) is 0 Å². The molecule has 2 heterocycles. The quantitative estimate of drug-likeness (QED) is 0.429. The Labute approximate surface area is 178 Å². The van der Waals surface area contributed by atoms with Gasteiger partial charge in [-0.3, -0.25) is 4.79 Å². The van der Waals surface area contributed by atoms with Gasteiger partial charge >= 0.3 is 0 Å². The van der Waals surface area contributed by atoms with Gasteiger partial charge in [0.15, 0.2) is 0 Å². The normalized spacial score (nSPS) is 12.8. The minimum Gasteiger partial charge on any atom is -0.387 e. The Hall–Kier alpha value is -2.78. The highest BCUT2D eigenvalue weighted by atomic mass is 32.1. The number of aliphatic hydroxyl groups is 1. The molecule has 0 aliphatic rings. The number of hydrogen-bond donors (Lipinski definition) is 4. The van der Waals surface area contributed by atoms with Crippen molar-refractivity contribution < 1.29 is 14.3 Å². The van der Waals surface area contributed by atoms with Gasteiger partial charge in [-0.15, -0.1) is 0 Å². The first-order valence-corrected chi connectivity index (χ1v) is 10.5. The highest BCUT2D eigenvalue weighted by molar-refractivity contribution is 7.04. The number of nitrogens with zero attached hydrogens (tertiary/aromatic N) is 2. The minimum atomic E-state index is -1.58. The zero-order valence-electron chi connectivity index (χ0n) is 17.4. The predicted octanol–water partition coefficient (Wildman–Crippen LogP) is 4.09. The number of carbonyl (C=O) groups is 1. The van der Waals surface area contributed by atoms with Gasteiger partial charge in [0, 0.05) is 34.8 Å². The van der Waals surface area contributed by atoms with Crippen LogP contribution >= 0.6 is 11.5 Å². The molecule has 2 aromatic heterocycles. The lowest BCUT2D eigenvalue weighted by Crippen LogP contribution is -2.42. The number of aromatic nitrogens is 2. The molecule has 0 spiro atoms. The van der Waals surface area contributed by atoms with Crippen molar-refractivity contribution in [3.05, 3.63) is 41.4 Å². The van der Waals surface area contributed by atoms with Crippen LogP contribution in [0.2, 0.25) is 0 Å². The number of halogens is 1. The molecule has 0 saturated carbocycles. The van der Waals surface area contributed by atoms with Gasteiger partial charge in [0.25, 0.3) is 5.91 Å². The van der Waals surface area contributed by atoms with Crippen LogP contribution in [0.25, 0.3) is 10.9 Å². The highest BCUT2D eigenvalue weighted by Crippen LogP contribution is 2.25. The third-order valence-corrected chi connectivity index (χ3v) is 5.09. The number of alkyl halides is 1. The third kappa shape index (κ3) is 5.43. The zero-order valence-corrected chi connectivity index (χ0v) is 18.2. The first-order valence-electron chi connectivity index (χ1n) is 9.66. The minimum absolute atomic E-state index is 0.0744. The summed E-state index contributed by atoms with van der Waals surface area (Å²) in [6.07, 6.45) is -0.136.